The topological polar surface area (TPSA) is 57.2 Å². The molecule has 42 heavy (non-hydrogen) atoms. The zero-order chi connectivity index (χ0) is 29.5. The molecule has 6 aliphatic rings. The van der Waals surface area contributed by atoms with Crippen molar-refractivity contribution in [3.8, 4) is 0 Å². The second-order valence-electron chi connectivity index (χ2n) is 15.8. The molecular formula is C37H60O5. The lowest BCUT2D eigenvalue weighted by Gasteiger charge is -2.58. The van der Waals surface area contributed by atoms with Crippen molar-refractivity contribution in [3.05, 3.63) is 23.3 Å². The van der Waals surface area contributed by atoms with Gasteiger partial charge in [0.15, 0.2) is 12.6 Å². The second-order valence-corrected chi connectivity index (χ2v) is 15.8. The molecule has 0 aromatic carbocycles. The normalized spacial score (nSPS) is 43.5. The SMILES string of the molecule is CC(C)C(O)CC[C@@H](C)[C@H]1CC[C@H]2C3=CC=C4C[C@@H](OC5CCCCO5)C[C@H](OC5CCCCO5)[C@]4(C)[C@H]3CC[C@]12C. The lowest BCUT2D eigenvalue weighted by atomic mass is 9.49. The zero-order valence-electron chi connectivity index (χ0n) is 27.3. The van der Waals surface area contributed by atoms with Crippen LogP contribution in [0.3, 0.4) is 0 Å². The van der Waals surface area contributed by atoms with Gasteiger partial charge in [0.1, 0.15) is 0 Å². The van der Waals surface area contributed by atoms with Crippen LogP contribution in [0.15, 0.2) is 23.3 Å². The van der Waals surface area contributed by atoms with Crippen molar-refractivity contribution in [3.63, 3.8) is 0 Å². The van der Waals surface area contributed by atoms with E-state index < -0.39 is 0 Å². The largest absolute Gasteiger partial charge is 0.393 e. The molecule has 2 heterocycles. The molecule has 11 atom stereocenters. The number of aliphatic hydroxyl groups excluding tert-OH is 1. The molecule has 0 bridgehead atoms. The van der Waals surface area contributed by atoms with E-state index in [1.807, 2.05) is 0 Å². The lowest BCUT2D eigenvalue weighted by Crippen LogP contribution is -2.55. The van der Waals surface area contributed by atoms with E-state index in [0.717, 1.165) is 70.5 Å². The van der Waals surface area contributed by atoms with Gasteiger partial charge in [-0.3, -0.25) is 0 Å². The summed E-state index contributed by atoms with van der Waals surface area (Å²) in [5.41, 5.74) is 3.58. The molecule has 6 rings (SSSR count). The molecule has 238 valence electrons. The van der Waals surface area contributed by atoms with Gasteiger partial charge in [-0.25, -0.2) is 0 Å². The fraction of sp³-hybridized carbons (Fsp3) is 0.892. The summed E-state index contributed by atoms with van der Waals surface area (Å²) in [5.74, 6) is 2.94. The number of allylic oxidation sites excluding steroid dienone is 3. The summed E-state index contributed by atoms with van der Waals surface area (Å²) in [5, 5.41) is 10.5. The Morgan fingerprint density at radius 2 is 1.57 bits per heavy atom. The Morgan fingerprint density at radius 1 is 0.857 bits per heavy atom. The van der Waals surface area contributed by atoms with Crippen LogP contribution >= 0.6 is 0 Å². The van der Waals surface area contributed by atoms with Gasteiger partial charge in [0.05, 0.1) is 18.3 Å². The zero-order valence-corrected chi connectivity index (χ0v) is 27.3. The van der Waals surface area contributed by atoms with Gasteiger partial charge in [-0.1, -0.05) is 57.9 Å². The van der Waals surface area contributed by atoms with Crippen molar-refractivity contribution in [2.24, 2.45) is 40.4 Å². The predicted molar refractivity (Wildman–Crippen MR) is 167 cm³/mol. The Balaban J connectivity index is 1.23. The summed E-state index contributed by atoms with van der Waals surface area (Å²) in [4.78, 5) is 0. The number of fused-ring (bicyclic) bond motifs is 5. The van der Waals surface area contributed by atoms with Crippen LogP contribution in [0.25, 0.3) is 0 Å². The minimum Gasteiger partial charge on any atom is -0.393 e. The van der Waals surface area contributed by atoms with Crippen LogP contribution in [-0.2, 0) is 18.9 Å². The standard InChI is InChI=1S/C37H60O5/c1-24(2)32(38)17-12-25(3)29-15-16-30-28-14-13-26-22-27(41-34-10-6-8-20-39-34)23-33(42-35-11-7-9-21-40-35)37(26,5)31(28)18-19-36(29,30)4/h13-14,24-25,27,29-35,38H,6-12,15-23H2,1-5H3/t25-,27-,29-,30+,31+,32?,33+,34?,35?,36-,37+/m1/s1. The summed E-state index contributed by atoms with van der Waals surface area (Å²) in [6, 6.07) is 0. The van der Waals surface area contributed by atoms with E-state index in [-0.39, 0.29) is 36.3 Å². The molecule has 3 saturated carbocycles. The van der Waals surface area contributed by atoms with E-state index >= 15 is 0 Å². The molecule has 1 N–H and O–H groups in total. The second kappa shape index (κ2) is 12.9. The quantitative estimate of drug-likeness (QED) is 0.295. The van der Waals surface area contributed by atoms with Gasteiger partial charge in [-0.2, -0.15) is 0 Å². The molecule has 0 aromatic rings. The molecule has 4 aliphatic carbocycles. The molecule has 5 fully saturated rings. The highest BCUT2D eigenvalue weighted by Crippen LogP contribution is 2.66. The van der Waals surface area contributed by atoms with Crippen molar-refractivity contribution in [2.45, 2.75) is 155 Å². The highest BCUT2D eigenvalue weighted by Gasteiger charge is 2.59. The first-order valence-electron chi connectivity index (χ1n) is 17.8. The van der Waals surface area contributed by atoms with Gasteiger partial charge in [0.25, 0.3) is 0 Å². The molecular weight excluding hydrogens is 524 g/mol. The number of aliphatic hydroxyl groups is 1. The third-order valence-electron chi connectivity index (χ3n) is 13.0. The molecule has 0 radical (unpaired) electrons. The van der Waals surface area contributed by atoms with E-state index in [0.29, 0.717) is 29.1 Å². The summed E-state index contributed by atoms with van der Waals surface area (Å²) in [6.07, 6.45) is 20.8. The fourth-order valence-corrected chi connectivity index (χ4v) is 10.3. The Labute approximate surface area is 256 Å². The molecule has 3 unspecified atom stereocenters. The number of rotatable bonds is 9. The molecule has 5 nitrogen and oxygen atoms in total. The summed E-state index contributed by atoms with van der Waals surface area (Å²) < 4.78 is 25.8. The van der Waals surface area contributed by atoms with Gasteiger partial charge in [0, 0.05) is 25.0 Å². The first kappa shape index (κ1) is 31.3. The monoisotopic (exact) mass is 584 g/mol. The van der Waals surface area contributed by atoms with E-state index in [9.17, 15) is 5.11 Å². The van der Waals surface area contributed by atoms with E-state index in [1.165, 1.54) is 44.1 Å². The third-order valence-corrected chi connectivity index (χ3v) is 13.0. The molecule has 5 heteroatoms. The maximum Gasteiger partial charge on any atom is 0.157 e. The van der Waals surface area contributed by atoms with E-state index in [1.54, 1.807) is 5.57 Å². The van der Waals surface area contributed by atoms with Crippen LogP contribution in [0, 0.1) is 40.4 Å². The van der Waals surface area contributed by atoms with E-state index in [4.69, 9.17) is 18.9 Å². The highest BCUT2D eigenvalue weighted by atomic mass is 16.7. The minimum atomic E-state index is -0.174. The van der Waals surface area contributed by atoms with Crippen LogP contribution in [0.1, 0.15) is 125 Å². The van der Waals surface area contributed by atoms with Crippen LogP contribution in [0.5, 0.6) is 0 Å². The Hall–Kier alpha value is -0.720. The Morgan fingerprint density at radius 3 is 2.24 bits per heavy atom. The van der Waals surface area contributed by atoms with Crippen LogP contribution < -0.4 is 0 Å². The van der Waals surface area contributed by atoms with E-state index in [2.05, 4.69) is 46.8 Å². The van der Waals surface area contributed by atoms with Crippen molar-refractivity contribution in [1.29, 1.82) is 0 Å². The van der Waals surface area contributed by atoms with Crippen LogP contribution in [0.4, 0.5) is 0 Å². The molecule has 2 aliphatic heterocycles. The Bertz CT molecular complexity index is 977. The number of ether oxygens (including phenoxy) is 4. The summed E-state index contributed by atoms with van der Waals surface area (Å²) in [6.45, 7) is 13.5. The van der Waals surface area contributed by atoms with Gasteiger partial charge in [-0.15, -0.1) is 0 Å². The van der Waals surface area contributed by atoms with Gasteiger partial charge < -0.3 is 24.1 Å². The molecule has 0 spiro atoms. The molecule has 0 amide bonds. The van der Waals surface area contributed by atoms with Crippen molar-refractivity contribution < 1.29 is 24.1 Å². The molecule has 2 saturated heterocycles. The van der Waals surface area contributed by atoms with Crippen LogP contribution in [0.2, 0.25) is 0 Å². The first-order chi connectivity index (χ1) is 20.2. The number of hydrogen-bond acceptors (Lipinski definition) is 5. The summed E-state index contributed by atoms with van der Waals surface area (Å²) >= 11 is 0. The van der Waals surface area contributed by atoms with Crippen molar-refractivity contribution in [2.75, 3.05) is 13.2 Å². The van der Waals surface area contributed by atoms with Gasteiger partial charge >= 0.3 is 0 Å². The third kappa shape index (κ3) is 5.96. The average molecular weight is 585 g/mol. The van der Waals surface area contributed by atoms with Gasteiger partial charge in [-0.05, 0) is 118 Å². The van der Waals surface area contributed by atoms with Crippen LogP contribution in [-0.4, -0.2) is 49.2 Å². The summed E-state index contributed by atoms with van der Waals surface area (Å²) in [7, 11) is 0. The van der Waals surface area contributed by atoms with Crippen molar-refractivity contribution in [1.82, 2.24) is 0 Å². The maximum atomic E-state index is 10.5. The lowest BCUT2D eigenvalue weighted by molar-refractivity contribution is -0.242. The maximum absolute atomic E-state index is 10.5. The average Bonchev–Trinajstić information content (AvgIpc) is 3.34. The van der Waals surface area contributed by atoms with Gasteiger partial charge in [0.2, 0.25) is 0 Å². The smallest absolute Gasteiger partial charge is 0.157 e. The highest BCUT2D eigenvalue weighted by molar-refractivity contribution is 5.40. The fourth-order valence-electron chi connectivity index (χ4n) is 10.3. The predicted octanol–water partition coefficient (Wildman–Crippen LogP) is 8.35. The number of hydrogen-bond donors (Lipinski definition) is 1. The molecule has 0 aromatic heterocycles. The minimum absolute atomic E-state index is 0.00935. The van der Waals surface area contributed by atoms with Crippen molar-refractivity contribution >= 4 is 0 Å². The Kier molecular flexibility index (Phi) is 9.64. The first-order valence-corrected chi connectivity index (χ1v) is 17.8.